The summed E-state index contributed by atoms with van der Waals surface area (Å²) in [5, 5.41) is 7.40. The van der Waals surface area contributed by atoms with Crippen molar-refractivity contribution in [1.29, 1.82) is 0 Å². The van der Waals surface area contributed by atoms with Crippen LogP contribution in [-0.4, -0.2) is 46.8 Å². The lowest BCUT2D eigenvalue weighted by molar-refractivity contribution is 0.0730. The molecular formula is C12H21ClN4O. The van der Waals surface area contributed by atoms with Gasteiger partial charge in [0.1, 0.15) is 0 Å². The zero-order valence-corrected chi connectivity index (χ0v) is 12.0. The number of nitrogens with zero attached hydrogens (tertiary/aromatic N) is 3. The van der Waals surface area contributed by atoms with E-state index in [1.807, 2.05) is 32.0 Å². The molecule has 102 valence electrons. The van der Waals surface area contributed by atoms with E-state index in [1.54, 1.807) is 4.68 Å². The summed E-state index contributed by atoms with van der Waals surface area (Å²) in [6.45, 7) is 3.66. The summed E-state index contributed by atoms with van der Waals surface area (Å²) in [4.78, 5) is 14.3. The first-order valence-electron chi connectivity index (χ1n) is 6.09. The normalized spacial score (nSPS) is 18.8. The van der Waals surface area contributed by atoms with Crippen LogP contribution in [0.25, 0.3) is 0 Å². The minimum Gasteiger partial charge on any atom is -0.333 e. The van der Waals surface area contributed by atoms with Gasteiger partial charge in [0, 0.05) is 31.9 Å². The summed E-state index contributed by atoms with van der Waals surface area (Å²) in [5.74, 6) is 0.0615. The summed E-state index contributed by atoms with van der Waals surface area (Å²) in [7, 11) is 3.78. The zero-order valence-electron chi connectivity index (χ0n) is 11.1. The van der Waals surface area contributed by atoms with Gasteiger partial charge in [0.25, 0.3) is 5.91 Å². The van der Waals surface area contributed by atoms with Crippen LogP contribution in [0.4, 0.5) is 0 Å². The second-order valence-corrected chi connectivity index (χ2v) is 4.65. The highest BCUT2D eigenvalue weighted by Gasteiger charge is 2.30. The van der Waals surface area contributed by atoms with Gasteiger partial charge in [-0.05, 0) is 32.9 Å². The predicted molar refractivity (Wildman–Crippen MR) is 73.2 cm³/mol. The molecule has 1 aromatic heterocycles. The number of carbonyl (C=O) groups excluding carboxylic acids is 1. The van der Waals surface area contributed by atoms with E-state index >= 15 is 0 Å². The van der Waals surface area contributed by atoms with Crippen LogP contribution in [-0.2, 0) is 7.05 Å². The van der Waals surface area contributed by atoms with E-state index in [0.717, 1.165) is 31.6 Å². The van der Waals surface area contributed by atoms with Crippen LogP contribution < -0.4 is 5.32 Å². The number of aryl methyl sites for hydroxylation is 2. The molecule has 1 aliphatic heterocycles. The van der Waals surface area contributed by atoms with Crippen molar-refractivity contribution in [3.8, 4) is 0 Å². The van der Waals surface area contributed by atoms with E-state index in [2.05, 4.69) is 10.4 Å². The highest BCUT2D eigenvalue weighted by molar-refractivity contribution is 5.92. The summed E-state index contributed by atoms with van der Waals surface area (Å²) in [5.41, 5.74) is 1.57. The number of amides is 1. The number of nitrogens with one attached hydrogen (secondary N) is 1. The molecule has 1 amide bonds. The molecule has 0 saturated carbocycles. The summed E-state index contributed by atoms with van der Waals surface area (Å²) < 4.78 is 1.75. The van der Waals surface area contributed by atoms with Crippen molar-refractivity contribution in [2.45, 2.75) is 25.8 Å². The minimum atomic E-state index is 0. The van der Waals surface area contributed by atoms with Crippen LogP contribution in [0.2, 0.25) is 0 Å². The third-order valence-corrected chi connectivity index (χ3v) is 3.41. The number of rotatable bonds is 3. The Hall–Kier alpha value is -1.07. The number of aromatic nitrogens is 2. The average molecular weight is 273 g/mol. The Morgan fingerprint density at radius 1 is 1.61 bits per heavy atom. The number of carbonyl (C=O) groups is 1. The molecule has 1 fully saturated rings. The maximum Gasteiger partial charge on any atom is 0.274 e. The maximum atomic E-state index is 12.3. The fourth-order valence-corrected chi connectivity index (χ4v) is 2.36. The Kier molecular flexibility index (Phi) is 5.16. The van der Waals surface area contributed by atoms with Crippen molar-refractivity contribution in [3.63, 3.8) is 0 Å². The molecule has 18 heavy (non-hydrogen) atoms. The number of hydrogen-bond acceptors (Lipinski definition) is 3. The molecule has 0 aliphatic carbocycles. The average Bonchev–Trinajstić information content (AvgIpc) is 2.87. The molecule has 1 N–H and O–H groups in total. The van der Waals surface area contributed by atoms with Crippen LogP contribution >= 0.6 is 12.4 Å². The molecule has 1 aliphatic rings. The highest BCUT2D eigenvalue weighted by atomic mass is 35.5. The zero-order chi connectivity index (χ0) is 12.4. The molecular weight excluding hydrogens is 252 g/mol. The van der Waals surface area contributed by atoms with Crippen LogP contribution in [0.3, 0.4) is 0 Å². The van der Waals surface area contributed by atoms with Gasteiger partial charge in [0.2, 0.25) is 0 Å². The third kappa shape index (κ3) is 2.84. The van der Waals surface area contributed by atoms with E-state index in [-0.39, 0.29) is 18.3 Å². The Labute approximate surface area is 114 Å². The molecule has 0 bridgehead atoms. The molecule has 1 aromatic rings. The highest BCUT2D eigenvalue weighted by Crippen LogP contribution is 2.19. The van der Waals surface area contributed by atoms with Crippen molar-refractivity contribution in [2.24, 2.45) is 7.05 Å². The molecule has 0 radical (unpaired) electrons. The fourth-order valence-electron chi connectivity index (χ4n) is 2.36. The van der Waals surface area contributed by atoms with Crippen molar-refractivity contribution in [3.05, 3.63) is 17.5 Å². The van der Waals surface area contributed by atoms with Gasteiger partial charge in [-0.2, -0.15) is 5.10 Å². The van der Waals surface area contributed by atoms with E-state index in [9.17, 15) is 4.79 Å². The van der Waals surface area contributed by atoms with E-state index in [1.165, 1.54) is 0 Å². The van der Waals surface area contributed by atoms with Crippen LogP contribution in [0.1, 0.15) is 29.0 Å². The monoisotopic (exact) mass is 272 g/mol. The van der Waals surface area contributed by atoms with Gasteiger partial charge in [0.05, 0.1) is 0 Å². The van der Waals surface area contributed by atoms with Gasteiger partial charge in [-0.1, -0.05) is 0 Å². The molecule has 0 spiro atoms. The molecule has 6 heteroatoms. The standard InChI is InChI=1S/C12H20N4O.ClH/c1-9-7-11(14-15(9)3)12(17)16-6-4-5-10(16)8-13-2;/h7,10,13H,4-6,8H2,1-3H3;1H. The first-order chi connectivity index (χ1) is 8.13. The van der Waals surface area contributed by atoms with Crippen LogP contribution in [0.5, 0.6) is 0 Å². The molecule has 1 atom stereocenters. The maximum absolute atomic E-state index is 12.3. The lowest BCUT2D eigenvalue weighted by atomic mass is 10.2. The minimum absolute atomic E-state index is 0. The first-order valence-corrected chi connectivity index (χ1v) is 6.09. The lowest BCUT2D eigenvalue weighted by Crippen LogP contribution is -2.41. The third-order valence-electron chi connectivity index (χ3n) is 3.41. The largest absolute Gasteiger partial charge is 0.333 e. The van der Waals surface area contributed by atoms with Crippen molar-refractivity contribution in [1.82, 2.24) is 20.0 Å². The SMILES string of the molecule is CNCC1CCCN1C(=O)c1cc(C)n(C)n1.Cl. The molecule has 0 aromatic carbocycles. The topological polar surface area (TPSA) is 50.2 Å². The number of hydrogen-bond donors (Lipinski definition) is 1. The van der Waals surface area contributed by atoms with Gasteiger partial charge in [-0.15, -0.1) is 12.4 Å². The number of halogens is 1. The van der Waals surface area contributed by atoms with Crippen molar-refractivity contribution in [2.75, 3.05) is 20.1 Å². The molecule has 2 rings (SSSR count). The summed E-state index contributed by atoms with van der Waals surface area (Å²) in [6, 6.07) is 2.17. The Morgan fingerprint density at radius 3 is 2.89 bits per heavy atom. The molecule has 1 saturated heterocycles. The van der Waals surface area contributed by atoms with E-state index < -0.39 is 0 Å². The molecule has 5 nitrogen and oxygen atoms in total. The predicted octanol–water partition coefficient (Wildman–Crippen LogP) is 0.974. The van der Waals surface area contributed by atoms with Gasteiger partial charge < -0.3 is 10.2 Å². The van der Waals surface area contributed by atoms with Crippen molar-refractivity contribution >= 4 is 18.3 Å². The van der Waals surface area contributed by atoms with Crippen molar-refractivity contribution < 1.29 is 4.79 Å². The summed E-state index contributed by atoms with van der Waals surface area (Å²) in [6.07, 6.45) is 2.17. The van der Waals surface area contributed by atoms with Gasteiger partial charge >= 0.3 is 0 Å². The quantitative estimate of drug-likeness (QED) is 0.892. The van der Waals surface area contributed by atoms with Gasteiger partial charge in [-0.3, -0.25) is 9.48 Å². The van der Waals surface area contributed by atoms with Crippen LogP contribution in [0.15, 0.2) is 6.07 Å². The second-order valence-electron chi connectivity index (χ2n) is 4.65. The number of likely N-dealkylation sites (tertiary alicyclic amines) is 1. The summed E-state index contributed by atoms with van der Waals surface area (Å²) >= 11 is 0. The Bertz CT molecular complexity index is 399. The van der Waals surface area contributed by atoms with Gasteiger partial charge in [-0.25, -0.2) is 0 Å². The fraction of sp³-hybridized carbons (Fsp3) is 0.667. The molecule has 2 heterocycles. The molecule has 1 unspecified atom stereocenters. The van der Waals surface area contributed by atoms with Gasteiger partial charge in [0.15, 0.2) is 5.69 Å². The second kappa shape index (κ2) is 6.20. The Morgan fingerprint density at radius 2 is 2.33 bits per heavy atom. The van der Waals surface area contributed by atoms with Crippen LogP contribution in [0, 0.1) is 6.92 Å². The van der Waals surface area contributed by atoms with E-state index in [4.69, 9.17) is 0 Å². The number of likely N-dealkylation sites (N-methyl/N-ethyl adjacent to an activating group) is 1. The smallest absolute Gasteiger partial charge is 0.274 e. The first kappa shape index (κ1) is 15.0. The van der Waals surface area contributed by atoms with E-state index in [0.29, 0.717) is 11.7 Å². The lowest BCUT2D eigenvalue weighted by Gasteiger charge is -2.23. The Balaban J connectivity index is 0.00000162.